The Labute approximate surface area is 129 Å². The molecule has 1 fully saturated rings. The molecule has 0 spiro atoms. The maximum absolute atomic E-state index is 12.0. The van der Waals surface area contributed by atoms with E-state index in [2.05, 4.69) is 17.4 Å². The molecule has 1 unspecified atom stereocenters. The van der Waals surface area contributed by atoms with Gasteiger partial charge in [0.15, 0.2) is 0 Å². The van der Waals surface area contributed by atoms with Crippen molar-refractivity contribution in [1.82, 2.24) is 10.2 Å². The number of carbonyl (C=O) groups is 2. The normalized spacial score (nSPS) is 18.7. The Kier molecular flexibility index (Phi) is 5.15. The molecule has 6 heteroatoms. The van der Waals surface area contributed by atoms with Gasteiger partial charge >= 0.3 is 5.97 Å². The van der Waals surface area contributed by atoms with Crippen LogP contribution in [0.5, 0.6) is 0 Å². The molecule has 1 atom stereocenters. The fraction of sp³-hybridized carbons (Fsp3) is 0.500. The molecular formula is C16H22N2O4. The number of piperidine rings is 1. The molecule has 0 bridgehead atoms. The van der Waals surface area contributed by atoms with Crippen molar-refractivity contribution in [3.8, 4) is 0 Å². The monoisotopic (exact) mass is 306 g/mol. The standard InChI is InChI=1S/C16H22N2O4/c1-16(22,15(20)21)14(19)18-9-7-13(8-10-18)17-11-12-5-3-2-4-6-12/h2-6,13,17,22H,7-11H2,1H3,(H,20,21). The fourth-order valence-corrected chi connectivity index (χ4v) is 2.54. The first kappa shape index (κ1) is 16.5. The summed E-state index contributed by atoms with van der Waals surface area (Å²) in [7, 11) is 0. The van der Waals surface area contributed by atoms with E-state index in [1.807, 2.05) is 18.2 Å². The van der Waals surface area contributed by atoms with Gasteiger partial charge in [-0.2, -0.15) is 0 Å². The molecule has 1 heterocycles. The topological polar surface area (TPSA) is 89.9 Å². The molecule has 2 rings (SSSR count). The average Bonchev–Trinajstić information content (AvgIpc) is 2.53. The molecule has 1 aromatic rings. The fourth-order valence-electron chi connectivity index (χ4n) is 2.54. The quantitative estimate of drug-likeness (QED) is 0.693. The van der Waals surface area contributed by atoms with Crippen molar-refractivity contribution in [3.63, 3.8) is 0 Å². The number of carboxylic acids is 1. The predicted molar refractivity (Wildman–Crippen MR) is 81.1 cm³/mol. The van der Waals surface area contributed by atoms with Crippen molar-refractivity contribution in [2.24, 2.45) is 0 Å². The maximum atomic E-state index is 12.0. The van der Waals surface area contributed by atoms with Gasteiger partial charge in [0.2, 0.25) is 5.60 Å². The molecule has 0 aliphatic carbocycles. The molecule has 1 aliphatic heterocycles. The van der Waals surface area contributed by atoms with E-state index in [1.54, 1.807) is 0 Å². The summed E-state index contributed by atoms with van der Waals surface area (Å²) in [6, 6.07) is 10.4. The first-order chi connectivity index (χ1) is 10.4. The van der Waals surface area contributed by atoms with Gasteiger partial charge in [-0.1, -0.05) is 30.3 Å². The van der Waals surface area contributed by atoms with Crippen molar-refractivity contribution in [2.45, 2.75) is 38.0 Å². The highest BCUT2D eigenvalue weighted by atomic mass is 16.4. The minimum atomic E-state index is -2.34. The van der Waals surface area contributed by atoms with E-state index in [-0.39, 0.29) is 0 Å². The summed E-state index contributed by atoms with van der Waals surface area (Å²) < 4.78 is 0. The zero-order chi connectivity index (χ0) is 16.2. The first-order valence-corrected chi connectivity index (χ1v) is 7.43. The van der Waals surface area contributed by atoms with Crippen molar-refractivity contribution in [2.75, 3.05) is 13.1 Å². The molecular weight excluding hydrogens is 284 g/mol. The lowest BCUT2D eigenvalue weighted by Crippen LogP contribution is -2.55. The van der Waals surface area contributed by atoms with E-state index in [1.165, 1.54) is 10.5 Å². The van der Waals surface area contributed by atoms with Crippen LogP contribution in [0.25, 0.3) is 0 Å². The van der Waals surface area contributed by atoms with Gasteiger partial charge < -0.3 is 20.4 Å². The minimum absolute atomic E-state index is 0.291. The summed E-state index contributed by atoms with van der Waals surface area (Å²) in [4.78, 5) is 24.4. The molecule has 120 valence electrons. The second-order valence-corrected chi connectivity index (χ2v) is 5.81. The molecule has 1 aromatic carbocycles. The maximum Gasteiger partial charge on any atom is 0.345 e. The van der Waals surface area contributed by atoms with Gasteiger partial charge in [-0.05, 0) is 25.3 Å². The third kappa shape index (κ3) is 3.84. The number of rotatable bonds is 5. The number of carboxylic acid groups (broad SMARTS) is 1. The lowest BCUT2D eigenvalue weighted by atomic mass is 10.00. The van der Waals surface area contributed by atoms with Crippen LogP contribution in [0.1, 0.15) is 25.3 Å². The molecule has 0 saturated carbocycles. The number of benzene rings is 1. The summed E-state index contributed by atoms with van der Waals surface area (Å²) in [5, 5.41) is 22.1. The van der Waals surface area contributed by atoms with Gasteiger partial charge in [-0.3, -0.25) is 4.79 Å². The van der Waals surface area contributed by atoms with E-state index < -0.39 is 17.5 Å². The Balaban J connectivity index is 1.81. The Bertz CT molecular complexity index is 522. The van der Waals surface area contributed by atoms with Crippen LogP contribution in [-0.2, 0) is 16.1 Å². The Hall–Kier alpha value is -1.92. The van der Waals surface area contributed by atoms with Gasteiger partial charge in [0, 0.05) is 25.7 Å². The number of likely N-dealkylation sites (tertiary alicyclic amines) is 1. The van der Waals surface area contributed by atoms with Gasteiger partial charge in [-0.25, -0.2) is 4.79 Å². The molecule has 0 aromatic heterocycles. The first-order valence-electron chi connectivity index (χ1n) is 7.43. The zero-order valence-electron chi connectivity index (χ0n) is 12.7. The van der Waals surface area contributed by atoms with Crippen LogP contribution >= 0.6 is 0 Å². The number of nitrogens with zero attached hydrogens (tertiary/aromatic N) is 1. The van der Waals surface area contributed by atoms with E-state index in [0.717, 1.165) is 26.3 Å². The summed E-state index contributed by atoms with van der Waals surface area (Å²) in [6.45, 7) is 2.70. The van der Waals surface area contributed by atoms with Gasteiger partial charge in [0.1, 0.15) is 0 Å². The largest absolute Gasteiger partial charge is 0.479 e. The van der Waals surface area contributed by atoms with Gasteiger partial charge in [0.05, 0.1) is 0 Å². The summed E-state index contributed by atoms with van der Waals surface area (Å²) in [6.07, 6.45) is 1.49. The van der Waals surface area contributed by atoms with E-state index in [4.69, 9.17) is 5.11 Å². The second kappa shape index (κ2) is 6.89. The number of nitrogens with one attached hydrogen (secondary N) is 1. The van der Waals surface area contributed by atoms with Crippen molar-refractivity contribution >= 4 is 11.9 Å². The number of amides is 1. The van der Waals surface area contributed by atoms with Crippen LogP contribution in [-0.4, -0.2) is 51.7 Å². The van der Waals surface area contributed by atoms with E-state index in [9.17, 15) is 14.7 Å². The molecule has 0 radical (unpaired) electrons. The van der Waals surface area contributed by atoms with Gasteiger partial charge in [-0.15, -0.1) is 0 Å². The van der Waals surface area contributed by atoms with Crippen LogP contribution in [0.4, 0.5) is 0 Å². The number of hydrogen-bond donors (Lipinski definition) is 3. The van der Waals surface area contributed by atoms with Crippen molar-refractivity contribution in [3.05, 3.63) is 35.9 Å². The highest BCUT2D eigenvalue weighted by Crippen LogP contribution is 2.16. The van der Waals surface area contributed by atoms with Crippen LogP contribution in [0.15, 0.2) is 30.3 Å². The summed E-state index contributed by atoms with van der Waals surface area (Å²) >= 11 is 0. The molecule has 1 amide bonds. The predicted octanol–water partition coefficient (Wildman–Crippen LogP) is 0.603. The Morgan fingerprint density at radius 1 is 1.27 bits per heavy atom. The Morgan fingerprint density at radius 2 is 1.86 bits per heavy atom. The van der Waals surface area contributed by atoms with Crippen molar-refractivity contribution < 1.29 is 19.8 Å². The summed E-state index contributed by atoms with van der Waals surface area (Å²) in [5.74, 6) is -2.25. The van der Waals surface area contributed by atoms with Crippen LogP contribution in [0.2, 0.25) is 0 Å². The SMILES string of the molecule is CC(O)(C(=O)O)C(=O)N1CCC(NCc2ccccc2)CC1. The van der Waals surface area contributed by atoms with Gasteiger partial charge in [0.25, 0.3) is 5.91 Å². The Morgan fingerprint density at radius 3 is 2.41 bits per heavy atom. The van der Waals surface area contributed by atoms with Crippen LogP contribution < -0.4 is 5.32 Å². The number of aliphatic hydroxyl groups is 1. The highest BCUT2D eigenvalue weighted by molar-refractivity contribution is 6.04. The minimum Gasteiger partial charge on any atom is -0.479 e. The third-order valence-electron chi connectivity index (χ3n) is 4.05. The lowest BCUT2D eigenvalue weighted by molar-refractivity contribution is -0.170. The number of carbonyl (C=O) groups excluding carboxylic acids is 1. The van der Waals surface area contributed by atoms with E-state index >= 15 is 0 Å². The second-order valence-electron chi connectivity index (χ2n) is 5.81. The number of aliphatic carboxylic acids is 1. The summed E-state index contributed by atoms with van der Waals surface area (Å²) in [5.41, 5.74) is -1.14. The van der Waals surface area contributed by atoms with E-state index in [0.29, 0.717) is 19.1 Å². The van der Waals surface area contributed by atoms with Crippen LogP contribution in [0, 0.1) is 0 Å². The molecule has 22 heavy (non-hydrogen) atoms. The average molecular weight is 306 g/mol. The van der Waals surface area contributed by atoms with Crippen molar-refractivity contribution in [1.29, 1.82) is 0 Å². The lowest BCUT2D eigenvalue weighted by Gasteiger charge is -2.35. The zero-order valence-corrected chi connectivity index (χ0v) is 12.7. The third-order valence-corrected chi connectivity index (χ3v) is 4.05. The molecule has 1 aliphatic rings. The highest BCUT2D eigenvalue weighted by Gasteiger charge is 2.42. The number of hydrogen-bond acceptors (Lipinski definition) is 4. The molecule has 3 N–H and O–H groups in total. The molecule has 6 nitrogen and oxygen atoms in total. The van der Waals surface area contributed by atoms with Crippen LogP contribution in [0.3, 0.4) is 0 Å². The smallest absolute Gasteiger partial charge is 0.345 e. The molecule has 1 saturated heterocycles.